The average molecular weight is 417 g/mol. The SMILES string of the molecule is CCCS(=O)(=O)N1CCCCC1.Cn1ccc2ncc(-c3cccnc3N)nc21. The molecule has 0 atom stereocenters. The maximum atomic E-state index is 11.5. The molecule has 0 saturated carbocycles. The van der Waals surface area contributed by atoms with E-state index >= 15 is 0 Å². The number of rotatable bonds is 4. The zero-order valence-electron chi connectivity index (χ0n) is 17.0. The van der Waals surface area contributed by atoms with E-state index in [1.54, 1.807) is 16.7 Å². The van der Waals surface area contributed by atoms with E-state index in [2.05, 4.69) is 15.0 Å². The van der Waals surface area contributed by atoms with Crippen LogP contribution in [0, 0.1) is 0 Å². The van der Waals surface area contributed by atoms with E-state index < -0.39 is 10.0 Å². The Morgan fingerprint density at radius 3 is 2.59 bits per heavy atom. The first-order valence-electron chi connectivity index (χ1n) is 9.89. The molecular weight excluding hydrogens is 388 g/mol. The van der Waals surface area contributed by atoms with Crippen LogP contribution >= 0.6 is 0 Å². The van der Waals surface area contributed by atoms with E-state index in [-0.39, 0.29) is 0 Å². The molecule has 1 fully saturated rings. The van der Waals surface area contributed by atoms with Crippen molar-refractivity contribution >= 4 is 27.0 Å². The van der Waals surface area contributed by atoms with E-state index in [1.165, 1.54) is 6.42 Å². The summed E-state index contributed by atoms with van der Waals surface area (Å²) in [6.07, 6.45) is 9.27. The lowest BCUT2D eigenvalue weighted by molar-refractivity contribution is 0.346. The molecule has 4 rings (SSSR count). The number of anilines is 1. The summed E-state index contributed by atoms with van der Waals surface area (Å²) in [5.74, 6) is 0.780. The molecule has 8 nitrogen and oxygen atoms in total. The molecule has 0 spiro atoms. The molecule has 0 aromatic carbocycles. The fourth-order valence-corrected chi connectivity index (χ4v) is 4.90. The molecule has 156 valence electrons. The third kappa shape index (κ3) is 5.10. The van der Waals surface area contributed by atoms with Gasteiger partial charge in [0.15, 0.2) is 5.65 Å². The first-order valence-corrected chi connectivity index (χ1v) is 11.5. The topological polar surface area (TPSA) is 107 Å². The van der Waals surface area contributed by atoms with E-state index in [0.717, 1.165) is 54.8 Å². The Kier molecular flexibility index (Phi) is 6.81. The van der Waals surface area contributed by atoms with Crippen molar-refractivity contribution in [1.29, 1.82) is 0 Å². The highest BCUT2D eigenvalue weighted by Crippen LogP contribution is 2.22. The Balaban J connectivity index is 0.000000177. The minimum absolute atomic E-state index is 0.312. The Bertz CT molecular complexity index is 1060. The van der Waals surface area contributed by atoms with Crippen molar-refractivity contribution in [3.63, 3.8) is 0 Å². The summed E-state index contributed by atoms with van der Waals surface area (Å²) >= 11 is 0. The van der Waals surface area contributed by atoms with Crippen LogP contribution in [-0.2, 0) is 17.1 Å². The van der Waals surface area contributed by atoms with Gasteiger partial charge in [-0.2, -0.15) is 0 Å². The molecule has 0 aliphatic carbocycles. The Morgan fingerprint density at radius 2 is 1.90 bits per heavy atom. The molecule has 3 aromatic rings. The number of aromatic nitrogens is 4. The Labute approximate surface area is 171 Å². The summed E-state index contributed by atoms with van der Waals surface area (Å²) in [6, 6.07) is 5.66. The van der Waals surface area contributed by atoms with Gasteiger partial charge in [-0.25, -0.2) is 22.7 Å². The number of hydrogen-bond acceptors (Lipinski definition) is 6. The summed E-state index contributed by atoms with van der Waals surface area (Å²) in [6.45, 7) is 3.38. The minimum atomic E-state index is -2.90. The zero-order chi connectivity index (χ0) is 20.9. The number of pyridine rings is 1. The van der Waals surface area contributed by atoms with Crippen LogP contribution in [0.2, 0.25) is 0 Å². The fourth-order valence-electron chi connectivity index (χ4n) is 3.31. The van der Waals surface area contributed by atoms with Gasteiger partial charge in [0.2, 0.25) is 10.0 Å². The van der Waals surface area contributed by atoms with Crippen LogP contribution in [0.15, 0.2) is 36.8 Å². The molecule has 1 aliphatic heterocycles. The normalized spacial score (nSPS) is 15.1. The lowest BCUT2D eigenvalue weighted by Crippen LogP contribution is -2.37. The molecule has 1 aliphatic rings. The molecule has 9 heteroatoms. The van der Waals surface area contributed by atoms with Gasteiger partial charge in [0.25, 0.3) is 0 Å². The largest absolute Gasteiger partial charge is 0.383 e. The van der Waals surface area contributed by atoms with Gasteiger partial charge in [-0.05, 0) is 37.5 Å². The first-order chi connectivity index (χ1) is 13.9. The van der Waals surface area contributed by atoms with Gasteiger partial charge >= 0.3 is 0 Å². The van der Waals surface area contributed by atoms with Crippen molar-refractivity contribution in [3.05, 3.63) is 36.8 Å². The first kappa shape index (κ1) is 21.2. The predicted molar refractivity (Wildman–Crippen MR) is 116 cm³/mol. The lowest BCUT2D eigenvalue weighted by atomic mass is 10.2. The van der Waals surface area contributed by atoms with Gasteiger partial charge in [-0.15, -0.1) is 0 Å². The smallest absolute Gasteiger partial charge is 0.214 e. The second-order valence-electron chi connectivity index (χ2n) is 7.10. The van der Waals surface area contributed by atoms with Gasteiger partial charge in [0, 0.05) is 38.1 Å². The Morgan fingerprint density at radius 1 is 1.14 bits per heavy atom. The van der Waals surface area contributed by atoms with Crippen LogP contribution in [0.4, 0.5) is 5.82 Å². The van der Waals surface area contributed by atoms with Crippen LogP contribution in [0.5, 0.6) is 0 Å². The monoisotopic (exact) mass is 416 g/mol. The maximum absolute atomic E-state index is 11.5. The van der Waals surface area contributed by atoms with Crippen LogP contribution in [-0.4, -0.2) is 51.1 Å². The number of aryl methyl sites for hydroxylation is 1. The number of nitrogens with zero attached hydrogens (tertiary/aromatic N) is 5. The number of nitrogens with two attached hydrogens (primary N) is 1. The van der Waals surface area contributed by atoms with Crippen molar-refractivity contribution < 1.29 is 8.42 Å². The maximum Gasteiger partial charge on any atom is 0.214 e. The molecule has 2 N–H and O–H groups in total. The van der Waals surface area contributed by atoms with E-state index in [1.807, 2.05) is 42.9 Å². The molecular formula is C20H28N6O2S. The predicted octanol–water partition coefficient (Wildman–Crippen LogP) is 2.82. The summed E-state index contributed by atoms with van der Waals surface area (Å²) in [5.41, 5.74) is 9.09. The highest BCUT2D eigenvalue weighted by atomic mass is 32.2. The van der Waals surface area contributed by atoms with Gasteiger partial charge in [0.1, 0.15) is 11.3 Å². The molecule has 3 aromatic heterocycles. The van der Waals surface area contributed by atoms with Crippen molar-refractivity contribution in [2.75, 3.05) is 24.6 Å². The van der Waals surface area contributed by atoms with Crippen molar-refractivity contribution in [1.82, 2.24) is 23.8 Å². The second kappa shape index (κ2) is 9.32. The third-order valence-corrected chi connectivity index (χ3v) is 6.93. The number of sulfonamides is 1. The molecule has 0 unspecified atom stereocenters. The number of hydrogen-bond donors (Lipinski definition) is 1. The zero-order valence-corrected chi connectivity index (χ0v) is 17.8. The number of fused-ring (bicyclic) bond motifs is 1. The molecule has 0 bridgehead atoms. The van der Waals surface area contributed by atoms with Gasteiger partial charge < -0.3 is 10.3 Å². The summed E-state index contributed by atoms with van der Waals surface area (Å²) in [4.78, 5) is 12.9. The van der Waals surface area contributed by atoms with Gasteiger partial charge in [-0.1, -0.05) is 13.3 Å². The van der Waals surface area contributed by atoms with Crippen LogP contribution in [0.1, 0.15) is 32.6 Å². The van der Waals surface area contributed by atoms with Gasteiger partial charge in [0.05, 0.1) is 17.6 Å². The van der Waals surface area contributed by atoms with Gasteiger partial charge in [-0.3, -0.25) is 4.98 Å². The van der Waals surface area contributed by atoms with E-state index in [4.69, 9.17) is 5.73 Å². The van der Waals surface area contributed by atoms with Crippen molar-refractivity contribution in [2.45, 2.75) is 32.6 Å². The molecule has 29 heavy (non-hydrogen) atoms. The highest BCUT2D eigenvalue weighted by Gasteiger charge is 2.22. The van der Waals surface area contributed by atoms with Crippen molar-refractivity contribution in [3.8, 4) is 11.3 Å². The fraction of sp³-hybridized carbons (Fsp3) is 0.450. The second-order valence-corrected chi connectivity index (χ2v) is 9.19. The molecule has 1 saturated heterocycles. The highest BCUT2D eigenvalue weighted by molar-refractivity contribution is 7.89. The van der Waals surface area contributed by atoms with Crippen LogP contribution < -0.4 is 5.73 Å². The van der Waals surface area contributed by atoms with E-state index in [0.29, 0.717) is 11.6 Å². The molecule has 4 heterocycles. The quantitative estimate of drug-likeness (QED) is 0.701. The average Bonchev–Trinajstić information content (AvgIpc) is 3.10. The lowest BCUT2D eigenvalue weighted by Gasteiger charge is -2.25. The third-order valence-electron chi connectivity index (χ3n) is 4.86. The number of nitrogen functional groups attached to an aromatic ring is 1. The van der Waals surface area contributed by atoms with E-state index in [9.17, 15) is 8.42 Å². The number of piperidine rings is 1. The Hall–Kier alpha value is -2.52. The van der Waals surface area contributed by atoms with Crippen LogP contribution in [0.3, 0.4) is 0 Å². The summed E-state index contributed by atoms with van der Waals surface area (Å²) in [5, 5.41) is 0. The standard InChI is InChI=1S/C12H11N5.C8H17NO2S/c1-17-6-4-9-12(17)16-10(7-15-9)8-3-2-5-14-11(8)13;1-2-8-12(10,11)9-6-4-3-5-7-9/h2-7H,1H3,(H2,13,14);2-8H2,1H3. The van der Waals surface area contributed by atoms with Crippen molar-refractivity contribution in [2.24, 2.45) is 7.05 Å². The van der Waals surface area contributed by atoms with Crippen LogP contribution in [0.25, 0.3) is 22.4 Å². The molecule has 0 amide bonds. The molecule has 0 radical (unpaired) electrons. The minimum Gasteiger partial charge on any atom is -0.383 e. The summed E-state index contributed by atoms with van der Waals surface area (Å²) in [7, 11) is -0.962. The summed E-state index contributed by atoms with van der Waals surface area (Å²) < 4.78 is 26.6.